The highest BCUT2D eigenvalue weighted by molar-refractivity contribution is 5.80. The van der Waals surface area contributed by atoms with Crippen LogP contribution in [0.4, 0.5) is 0 Å². The fourth-order valence-corrected chi connectivity index (χ4v) is 1.55. The first-order valence-electron chi connectivity index (χ1n) is 6.21. The summed E-state index contributed by atoms with van der Waals surface area (Å²) >= 11 is 0. The maximum atomic E-state index is 11.7. The molecule has 0 saturated heterocycles. The van der Waals surface area contributed by atoms with Crippen LogP contribution in [-0.2, 0) is 11.2 Å². The van der Waals surface area contributed by atoms with Crippen molar-refractivity contribution >= 4 is 5.91 Å². The molecule has 3 heteroatoms. The first-order chi connectivity index (χ1) is 8.19. The zero-order valence-corrected chi connectivity index (χ0v) is 10.8. The van der Waals surface area contributed by atoms with Gasteiger partial charge in [-0.05, 0) is 31.4 Å². The van der Waals surface area contributed by atoms with Crippen molar-refractivity contribution in [2.24, 2.45) is 0 Å². The Balaban J connectivity index is 2.60. The van der Waals surface area contributed by atoms with Crippen LogP contribution >= 0.6 is 0 Å². The standard InChI is InChI=1S/C14H21NO2/c1-4-10-15-14(16)11(3)17-13-9-7-6-8-12(13)5-2/h6-9,11H,4-5,10H2,1-3H3,(H,15,16)/t11-/m0/s1. The van der Waals surface area contributed by atoms with Crippen LogP contribution in [-0.4, -0.2) is 18.6 Å². The molecule has 0 radical (unpaired) electrons. The van der Waals surface area contributed by atoms with Crippen LogP contribution in [0.2, 0.25) is 0 Å². The molecule has 1 rings (SSSR count). The second-order valence-electron chi connectivity index (χ2n) is 4.01. The van der Waals surface area contributed by atoms with Crippen LogP contribution in [0.1, 0.15) is 32.8 Å². The smallest absolute Gasteiger partial charge is 0.260 e. The van der Waals surface area contributed by atoms with E-state index < -0.39 is 6.10 Å². The van der Waals surface area contributed by atoms with E-state index in [-0.39, 0.29) is 5.91 Å². The molecule has 0 aliphatic heterocycles. The summed E-state index contributed by atoms with van der Waals surface area (Å²) in [5, 5.41) is 2.83. The number of aryl methyl sites for hydroxylation is 1. The number of amides is 1. The van der Waals surface area contributed by atoms with Gasteiger partial charge in [0.1, 0.15) is 5.75 Å². The van der Waals surface area contributed by atoms with Crippen molar-refractivity contribution in [3.63, 3.8) is 0 Å². The molecule has 0 bridgehead atoms. The third-order valence-electron chi connectivity index (χ3n) is 2.58. The molecular formula is C14H21NO2. The molecule has 0 unspecified atom stereocenters. The number of rotatable bonds is 6. The second kappa shape index (κ2) is 6.94. The molecule has 0 heterocycles. The Morgan fingerprint density at radius 1 is 1.35 bits per heavy atom. The van der Waals surface area contributed by atoms with E-state index in [1.54, 1.807) is 6.92 Å². The Hall–Kier alpha value is -1.51. The molecule has 0 aliphatic rings. The lowest BCUT2D eigenvalue weighted by molar-refractivity contribution is -0.127. The fourth-order valence-electron chi connectivity index (χ4n) is 1.55. The molecule has 1 atom stereocenters. The summed E-state index contributed by atoms with van der Waals surface area (Å²) < 4.78 is 5.68. The van der Waals surface area contributed by atoms with Crippen LogP contribution < -0.4 is 10.1 Å². The van der Waals surface area contributed by atoms with Gasteiger partial charge >= 0.3 is 0 Å². The van der Waals surface area contributed by atoms with Gasteiger partial charge in [0, 0.05) is 6.54 Å². The van der Waals surface area contributed by atoms with Crippen LogP contribution in [0.15, 0.2) is 24.3 Å². The Morgan fingerprint density at radius 2 is 2.06 bits per heavy atom. The molecule has 1 N–H and O–H groups in total. The van der Waals surface area contributed by atoms with Crippen molar-refractivity contribution in [2.45, 2.75) is 39.7 Å². The van der Waals surface area contributed by atoms with Crippen LogP contribution in [0, 0.1) is 0 Å². The third-order valence-corrected chi connectivity index (χ3v) is 2.58. The van der Waals surface area contributed by atoms with E-state index in [9.17, 15) is 4.79 Å². The molecule has 17 heavy (non-hydrogen) atoms. The molecule has 0 aliphatic carbocycles. The van der Waals surface area contributed by atoms with E-state index in [0.29, 0.717) is 6.54 Å². The lowest BCUT2D eigenvalue weighted by atomic mass is 10.1. The fraction of sp³-hybridized carbons (Fsp3) is 0.500. The molecule has 0 aromatic heterocycles. The average Bonchev–Trinajstić information content (AvgIpc) is 2.36. The van der Waals surface area contributed by atoms with Gasteiger partial charge in [-0.15, -0.1) is 0 Å². The molecule has 0 saturated carbocycles. The van der Waals surface area contributed by atoms with Gasteiger partial charge in [0.05, 0.1) is 0 Å². The summed E-state index contributed by atoms with van der Waals surface area (Å²) in [5.74, 6) is 0.743. The second-order valence-corrected chi connectivity index (χ2v) is 4.01. The largest absolute Gasteiger partial charge is 0.481 e. The average molecular weight is 235 g/mol. The third kappa shape index (κ3) is 4.10. The minimum Gasteiger partial charge on any atom is -0.481 e. The Bertz CT molecular complexity index is 363. The van der Waals surface area contributed by atoms with Gasteiger partial charge in [0.25, 0.3) is 5.91 Å². The lowest BCUT2D eigenvalue weighted by Gasteiger charge is -2.16. The summed E-state index contributed by atoms with van der Waals surface area (Å²) in [6, 6.07) is 7.83. The van der Waals surface area contributed by atoms with E-state index in [1.807, 2.05) is 31.2 Å². The van der Waals surface area contributed by atoms with E-state index in [1.165, 1.54) is 0 Å². The topological polar surface area (TPSA) is 38.3 Å². The number of para-hydroxylation sites is 1. The minimum atomic E-state index is -0.450. The Kier molecular flexibility index (Phi) is 5.53. The van der Waals surface area contributed by atoms with Crippen molar-refractivity contribution in [3.05, 3.63) is 29.8 Å². The van der Waals surface area contributed by atoms with Gasteiger partial charge in [-0.25, -0.2) is 0 Å². The summed E-state index contributed by atoms with van der Waals surface area (Å²) in [6.45, 7) is 6.57. The van der Waals surface area contributed by atoms with Gasteiger partial charge in [-0.1, -0.05) is 32.0 Å². The zero-order chi connectivity index (χ0) is 12.7. The number of nitrogens with one attached hydrogen (secondary N) is 1. The summed E-state index contributed by atoms with van der Waals surface area (Å²) in [6.07, 6.45) is 1.39. The van der Waals surface area contributed by atoms with E-state index >= 15 is 0 Å². The Labute approximate surface area is 103 Å². The zero-order valence-electron chi connectivity index (χ0n) is 10.8. The van der Waals surface area contributed by atoms with Crippen LogP contribution in [0.25, 0.3) is 0 Å². The van der Waals surface area contributed by atoms with Gasteiger partial charge in [-0.2, -0.15) is 0 Å². The van der Waals surface area contributed by atoms with Gasteiger partial charge in [-0.3, -0.25) is 4.79 Å². The van der Waals surface area contributed by atoms with Crippen molar-refractivity contribution in [2.75, 3.05) is 6.54 Å². The maximum Gasteiger partial charge on any atom is 0.260 e. The number of ether oxygens (including phenoxy) is 1. The molecule has 1 aromatic carbocycles. The molecule has 0 spiro atoms. The first-order valence-corrected chi connectivity index (χ1v) is 6.21. The SMILES string of the molecule is CCCNC(=O)[C@H](C)Oc1ccccc1CC. The summed E-state index contributed by atoms with van der Waals surface area (Å²) in [7, 11) is 0. The summed E-state index contributed by atoms with van der Waals surface area (Å²) in [4.78, 5) is 11.7. The predicted molar refractivity (Wildman–Crippen MR) is 69.2 cm³/mol. The molecule has 94 valence electrons. The molecule has 3 nitrogen and oxygen atoms in total. The number of hydrogen-bond acceptors (Lipinski definition) is 2. The maximum absolute atomic E-state index is 11.7. The first kappa shape index (κ1) is 13.6. The van der Waals surface area contributed by atoms with Gasteiger partial charge in [0.15, 0.2) is 6.10 Å². The number of carbonyl (C=O) groups excluding carboxylic acids is 1. The van der Waals surface area contributed by atoms with E-state index in [0.717, 1.165) is 24.2 Å². The molecule has 1 aromatic rings. The van der Waals surface area contributed by atoms with Gasteiger partial charge < -0.3 is 10.1 Å². The molecule has 0 fully saturated rings. The Morgan fingerprint density at radius 3 is 2.71 bits per heavy atom. The number of benzene rings is 1. The predicted octanol–water partition coefficient (Wildman–Crippen LogP) is 2.54. The number of carbonyl (C=O) groups is 1. The van der Waals surface area contributed by atoms with Crippen molar-refractivity contribution in [3.8, 4) is 5.75 Å². The highest BCUT2D eigenvalue weighted by atomic mass is 16.5. The van der Waals surface area contributed by atoms with Crippen molar-refractivity contribution in [1.29, 1.82) is 0 Å². The quantitative estimate of drug-likeness (QED) is 0.823. The van der Waals surface area contributed by atoms with Crippen LogP contribution in [0.5, 0.6) is 5.75 Å². The highest BCUT2D eigenvalue weighted by Crippen LogP contribution is 2.19. The highest BCUT2D eigenvalue weighted by Gasteiger charge is 2.14. The van der Waals surface area contributed by atoms with Gasteiger partial charge in [0.2, 0.25) is 0 Å². The van der Waals surface area contributed by atoms with E-state index in [2.05, 4.69) is 12.2 Å². The molecule has 1 amide bonds. The number of hydrogen-bond donors (Lipinski definition) is 1. The van der Waals surface area contributed by atoms with Crippen molar-refractivity contribution < 1.29 is 9.53 Å². The monoisotopic (exact) mass is 235 g/mol. The van der Waals surface area contributed by atoms with Crippen molar-refractivity contribution in [1.82, 2.24) is 5.32 Å². The van der Waals surface area contributed by atoms with Crippen LogP contribution in [0.3, 0.4) is 0 Å². The summed E-state index contributed by atoms with van der Waals surface area (Å²) in [5.41, 5.74) is 1.13. The lowest BCUT2D eigenvalue weighted by Crippen LogP contribution is -2.36. The van der Waals surface area contributed by atoms with E-state index in [4.69, 9.17) is 4.74 Å². The minimum absolute atomic E-state index is 0.0576. The molecular weight excluding hydrogens is 214 g/mol. The normalized spacial score (nSPS) is 11.9.